The predicted molar refractivity (Wildman–Crippen MR) is 126 cm³/mol. The lowest BCUT2D eigenvalue weighted by molar-refractivity contribution is -0.116. The molecule has 2 aromatic heterocycles. The summed E-state index contributed by atoms with van der Waals surface area (Å²) < 4.78 is 0. The van der Waals surface area contributed by atoms with Crippen molar-refractivity contribution in [2.45, 2.75) is 33.6 Å². The predicted octanol–water partition coefficient (Wildman–Crippen LogP) is 4.01. The SMILES string of the molecule is CCN1C(=O)c2nc(C)sc2N(CC)c2nc(Nc3ccc4c(c3)CCC(=O)N4)ncc21. The summed E-state index contributed by atoms with van der Waals surface area (Å²) in [5.74, 6) is 1.02. The molecule has 2 aliphatic rings. The van der Waals surface area contributed by atoms with E-state index in [4.69, 9.17) is 4.98 Å². The smallest absolute Gasteiger partial charge is 0.280 e. The van der Waals surface area contributed by atoms with Gasteiger partial charge in [0.25, 0.3) is 5.91 Å². The number of rotatable bonds is 4. The van der Waals surface area contributed by atoms with E-state index in [1.807, 2.05) is 43.9 Å². The third-order valence-corrected chi connectivity index (χ3v) is 6.59. The van der Waals surface area contributed by atoms with Gasteiger partial charge in [-0.15, -0.1) is 11.3 Å². The van der Waals surface area contributed by atoms with Crippen LogP contribution >= 0.6 is 11.3 Å². The van der Waals surface area contributed by atoms with Crippen molar-refractivity contribution in [3.63, 3.8) is 0 Å². The lowest BCUT2D eigenvalue weighted by atomic mass is 10.0. The van der Waals surface area contributed by atoms with E-state index < -0.39 is 0 Å². The average molecular weight is 450 g/mol. The first-order chi connectivity index (χ1) is 15.5. The summed E-state index contributed by atoms with van der Waals surface area (Å²) in [5, 5.41) is 7.82. The molecule has 0 saturated carbocycles. The molecular formula is C22H23N7O2S. The zero-order valence-electron chi connectivity index (χ0n) is 18.1. The molecule has 1 aromatic carbocycles. The number of thiazole rings is 1. The molecule has 0 spiro atoms. The third-order valence-electron chi connectivity index (χ3n) is 5.59. The quantitative estimate of drug-likeness (QED) is 0.620. The van der Waals surface area contributed by atoms with E-state index in [9.17, 15) is 9.59 Å². The monoisotopic (exact) mass is 449 g/mol. The van der Waals surface area contributed by atoms with Crippen LogP contribution in [0.25, 0.3) is 0 Å². The number of anilines is 6. The number of carbonyl (C=O) groups is 2. The van der Waals surface area contributed by atoms with Gasteiger partial charge in [-0.05, 0) is 51.0 Å². The van der Waals surface area contributed by atoms with E-state index in [1.54, 1.807) is 11.1 Å². The molecule has 10 heteroatoms. The second-order valence-corrected chi connectivity index (χ2v) is 8.81. The van der Waals surface area contributed by atoms with Gasteiger partial charge in [-0.2, -0.15) is 4.98 Å². The number of nitrogens with zero attached hydrogens (tertiary/aromatic N) is 5. The van der Waals surface area contributed by atoms with Gasteiger partial charge in [0, 0.05) is 30.9 Å². The minimum Gasteiger partial charge on any atom is -0.326 e. The number of hydrogen-bond donors (Lipinski definition) is 2. The molecule has 3 aromatic rings. The Morgan fingerprint density at radius 1 is 1.12 bits per heavy atom. The number of fused-ring (bicyclic) bond motifs is 3. The molecule has 0 saturated heterocycles. The van der Waals surface area contributed by atoms with Crippen LogP contribution < -0.4 is 20.4 Å². The van der Waals surface area contributed by atoms with Crippen LogP contribution in [0.2, 0.25) is 0 Å². The van der Waals surface area contributed by atoms with Crippen LogP contribution in [0.15, 0.2) is 24.4 Å². The van der Waals surface area contributed by atoms with Crippen molar-refractivity contribution in [1.29, 1.82) is 0 Å². The summed E-state index contributed by atoms with van der Waals surface area (Å²) in [7, 11) is 0. The van der Waals surface area contributed by atoms with Crippen LogP contribution in [0.5, 0.6) is 0 Å². The Labute approximate surface area is 189 Å². The van der Waals surface area contributed by atoms with Crippen LogP contribution in [0.3, 0.4) is 0 Å². The number of aryl methyl sites for hydroxylation is 2. The first-order valence-electron chi connectivity index (χ1n) is 10.6. The summed E-state index contributed by atoms with van der Waals surface area (Å²) in [6.07, 6.45) is 2.87. The molecule has 0 unspecified atom stereocenters. The van der Waals surface area contributed by atoms with Gasteiger partial charge in [0.05, 0.1) is 11.2 Å². The van der Waals surface area contributed by atoms with Crippen molar-refractivity contribution in [2.24, 2.45) is 0 Å². The molecule has 2 amide bonds. The lowest BCUT2D eigenvalue weighted by Gasteiger charge is -2.24. The third kappa shape index (κ3) is 3.36. The minimum atomic E-state index is -0.134. The van der Waals surface area contributed by atoms with E-state index in [0.29, 0.717) is 49.1 Å². The summed E-state index contributed by atoms with van der Waals surface area (Å²) in [6.45, 7) is 7.00. The van der Waals surface area contributed by atoms with Gasteiger partial charge < -0.3 is 20.4 Å². The fraction of sp³-hybridized carbons (Fsp3) is 0.318. The Morgan fingerprint density at radius 2 is 1.94 bits per heavy atom. The van der Waals surface area contributed by atoms with Crippen molar-refractivity contribution in [3.8, 4) is 0 Å². The molecule has 5 rings (SSSR count). The highest BCUT2D eigenvalue weighted by atomic mass is 32.1. The number of hydrogen-bond acceptors (Lipinski definition) is 8. The van der Waals surface area contributed by atoms with E-state index in [-0.39, 0.29) is 11.8 Å². The molecule has 0 fully saturated rings. The van der Waals surface area contributed by atoms with Crippen molar-refractivity contribution in [2.75, 3.05) is 33.5 Å². The van der Waals surface area contributed by atoms with Gasteiger partial charge in [-0.1, -0.05) is 0 Å². The van der Waals surface area contributed by atoms with E-state index in [2.05, 4.69) is 20.6 Å². The topological polar surface area (TPSA) is 103 Å². The second kappa shape index (κ2) is 7.86. The van der Waals surface area contributed by atoms with Crippen LogP contribution in [0.4, 0.5) is 33.8 Å². The first-order valence-corrected chi connectivity index (χ1v) is 11.4. The molecule has 0 bridgehead atoms. The zero-order chi connectivity index (χ0) is 22.4. The standard InChI is InChI=1S/C22H23N7O2S/c1-4-28-16-11-23-22(25-14-7-8-15-13(10-14)6-9-17(30)26-15)27-19(16)29(5-2)21-18(20(28)31)24-12(3)32-21/h7-8,10-11H,4-6,9H2,1-3H3,(H,26,30)(H,23,25,27). The number of nitrogens with one attached hydrogen (secondary N) is 2. The maximum atomic E-state index is 13.2. The Kier molecular flexibility index (Phi) is 5.01. The average Bonchev–Trinajstić information content (AvgIpc) is 3.13. The summed E-state index contributed by atoms with van der Waals surface area (Å²) in [6, 6.07) is 5.79. The molecular weight excluding hydrogens is 426 g/mol. The van der Waals surface area contributed by atoms with Crippen molar-refractivity contribution < 1.29 is 9.59 Å². The highest BCUT2D eigenvalue weighted by Crippen LogP contribution is 2.42. The van der Waals surface area contributed by atoms with Gasteiger partial charge in [0.1, 0.15) is 10.7 Å². The molecule has 0 aliphatic carbocycles. The van der Waals surface area contributed by atoms with Gasteiger partial charge in [-0.25, -0.2) is 9.97 Å². The summed E-state index contributed by atoms with van der Waals surface area (Å²) >= 11 is 1.49. The fourth-order valence-corrected chi connectivity index (χ4v) is 5.06. The molecule has 9 nitrogen and oxygen atoms in total. The number of carbonyl (C=O) groups excluding carboxylic acids is 2. The van der Waals surface area contributed by atoms with Gasteiger partial charge in [-0.3, -0.25) is 9.59 Å². The summed E-state index contributed by atoms with van der Waals surface area (Å²) in [4.78, 5) is 42.3. The molecule has 4 heterocycles. The summed E-state index contributed by atoms with van der Waals surface area (Å²) in [5.41, 5.74) is 3.89. The van der Waals surface area contributed by atoms with E-state index >= 15 is 0 Å². The molecule has 164 valence electrons. The first kappa shape index (κ1) is 20.4. The largest absolute Gasteiger partial charge is 0.326 e. The fourth-order valence-electron chi connectivity index (χ4n) is 4.09. The Hall–Kier alpha value is -3.53. The maximum Gasteiger partial charge on any atom is 0.280 e. The van der Waals surface area contributed by atoms with Gasteiger partial charge in [0.15, 0.2) is 11.5 Å². The molecule has 2 N–H and O–H groups in total. The van der Waals surface area contributed by atoms with E-state index in [0.717, 1.165) is 26.9 Å². The number of amides is 2. The Morgan fingerprint density at radius 3 is 2.72 bits per heavy atom. The molecule has 32 heavy (non-hydrogen) atoms. The van der Waals surface area contributed by atoms with Crippen molar-refractivity contribution in [1.82, 2.24) is 15.0 Å². The molecule has 0 radical (unpaired) electrons. The van der Waals surface area contributed by atoms with Crippen molar-refractivity contribution in [3.05, 3.63) is 40.7 Å². The maximum absolute atomic E-state index is 13.2. The van der Waals surface area contributed by atoms with Crippen molar-refractivity contribution >= 4 is 57.0 Å². The highest BCUT2D eigenvalue weighted by molar-refractivity contribution is 7.16. The number of benzene rings is 1. The Bertz CT molecular complexity index is 1240. The molecule has 2 aliphatic heterocycles. The zero-order valence-corrected chi connectivity index (χ0v) is 18.9. The number of aromatic nitrogens is 3. The van der Waals surface area contributed by atoms with Crippen LogP contribution in [-0.4, -0.2) is 39.9 Å². The van der Waals surface area contributed by atoms with Gasteiger partial charge >= 0.3 is 0 Å². The van der Waals surface area contributed by atoms with Gasteiger partial charge in [0.2, 0.25) is 11.9 Å². The van der Waals surface area contributed by atoms with Crippen LogP contribution in [0, 0.1) is 6.92 Å². The van der Waals surface area contributed by atoms with Crippen LogP contribution in [0.1, 0.15) is 41.3 Å². The van der Waals surface area contributed by atoms with E-state index in [1.165, 1.54) is 11.3 Å². The molecule has 0 atom stereocenters. The highest BCUT2D eigenvalue weighted by Gasteiger charge is 2.34. The second-order valence-electron chi connectivity index (χ2n) is 7.63. The minimum absolute atomic E-state index is 0.0413. The lowest BCUT2D eigenvalue weighted by Crippen LogP contribution is -2.30. The normalized spacial score (nSPS) is 15.0. The Balaban J connectivity index is 1.54. The van der Waals surface area contributed by atoms with Crippen LogP contribution in [-0.2, 0) is 11.2 Å².